The number of nitro benzene ring substituents is 1. The minimum Gasteiger partial charge on any atom is -0.355 e. The van der Waals surface area contributed by atoms with Gasteiger partial charge < -0.3 is 10.6 Å². The number of rotatable bonds is 6. The standard InChI is InChI=1S/C12H13Cl2N3O4/c1-2-3-15-10(18)6-16-12(19)8-4-7(17(20)21)5-9(13)11(8)14/h4-5H,2-3,6H2,1H3,(H,15,18)(H,16,19). The van der Waals surface area contributed by atoms with E-state index in [-0.39, 0.29) is 33.7 Å². The van der Waals surface area contributed by atoms with Crippen LogP contribution in [0.5, 0.6) is 0 Å². The first-order chi connectivity index (χ1) is 9.86. The summed E-state index contributed by atoms with van der Waals surface area (Å²) in [7, 11) is 0. The number of carbonyl (C=O) groups is 2. The van der Waals surface area contributed by atoms with Gasteiger partial charge in [-0.15, -0.1) is 0 Å². The zero-order valence-electron chi connectivity index (χ0n) is 11.1. The molecule has 21 heavy (non-hydrogen) atoms. The second kappa shape index (κ2) is 7.80. The lowest BCUT2D eigenvalue weighted by Crippen LogP contribution is -2.37. The van der Waals surface area contributed by atoms with Gasteiger partial charge in [-0.25, -0.2) is 0 Å². The molecule has 1 aromatic rings. The average Bonchev–Trinajstić information content (AvgIpc) is 2.44. The van der Waals surface area contributed by atoms with Gasteiger partial charge in [-0.2, -0.15) is 0 Å². The van der Waals surface area contributed by atoms with Crippen LogP contribution in [0, 0.1) is 10.1 Å². The highest BCUT2D eigenvalue weighted by molar-refractivity contribution is 6.44. The van der Waals surface area contributed by atoms with Crippen LogP contribution in [0.2, 0.25) is 10.0 Å². The molecule has 0 aliphatic carbocycles. The molecule has 0 heterocycles. The number of hydrogen-bond acceptors (Lipinski definition) is 4. The number of benzene rings is 1. The monoisotopic (exact) mass is 333 g/mol. The van der Waals surface area contributed by atoms with Crippen LogP contribution in [0.25, 0.3) is 0 Å². The summed E-state index contributed by atoms with van der Waals surface area (Å²) in [5, 5.41) is 15.4. The number of hydrogen-bond donors (Lipinski definition) is 2. The summed E-state index contributed by atoms with van der Waals surface area (Å²) >= 11 is 11.6. The van der Waals surface area contributed by atoms with Crippen molar-refractivity contribution in [2.24, 2.45) is 0 Å². The Bertz CT molecular complexity index is 578. The third-order valence-corrected chi connectivity index (χ3v) is 3.25. The molecule has 9 heteroatoms. The van der Waals surface area contributed by atoms with Crippen LogP contribution in [0.3, 0.4) is 0 Å². The zero-order chi connectivity index (χ0) is 16.0. The molecule has 0 aliphatic heterocycles. The van der Waals surface area contributed by atoms with Gasteiger partial charge in [0.25, 0.3) is 11.6 Å². The number of nitrogens with one attached hydrogen (secondary N) is 2. The van der Waals surface area contributed by atoms with Gasteiger partial charge in [0.2, 0.25) is 5.91 Å². The van der Waals surface area contributed by atoms with Gasteiger partial charge in [-0.1, -0.05) is 30.1 Å². The fourth-order valence-corrected chi connectivity index (χ4v) is 1.84. The molecular formula is C12H13Cl2N3O4. The van der Waals surface area contributed by atoms with Crippen molar-refractivity contribution in [2.75, 3.05) is 13.1 Å². The van der Waals surface area contributed by atoms with Gasteiger partial charge in [-0.3, -0.25) is 19.7 Å². The fourth-order valence-electron chi connectivity index (χ4n) is 1.43. The second-order valence-corrected chi connectivity index (χ2v) is 4.86. The lowest BCUT2D eigenvalue weighted by Gasteiger charge is -2.08. The van der Waals surface area contributed by atoms with E-state index in [9.17, 15) is 19.7 Å². The number of nitro groups is 1. The summed E-state index contributed by atoms with van der Waals surface area (Å²) in [6.07, 6.45) is 0.770. The summed E-state index contributed by atoms with van der Waals surface area (Å²) < 4.78 is 0. The molecule has 0 atom stereocenters. The van der Waals surface area contributed by atoms with Gasteiger partial charge in [0.1, 0.15) is 0 Å². The summed E-state index contributed by atoms with van der Waals surface area (Å²) in [6, 6.07) is 2.06. The zero-order valence-corrected chi connectivity index (χ0v) is 12.6. The Labute approximate surface area is 130 Å². The van der Waals surface area contributed by atoms with Gasteiger partial charge in [-0.05, 0) is 6.42 Å². The molecule has 2 amide bonds. The predicted molar refractivity (Wildman–Crippen MR) is 78.8 cm³/mol. The molecule has 0 unspecified atom stereocenters. The molecule has 114 valence electrons. The second-order valence-electron chi connectivity index (χ2n) is 4.08. The van der Waals surface area contributed by atoms with Crippen LogP contribution < -0.4 is 10.6 Å². The van der Waals surface area contributed by atoms with Crippen molar-refractivity contribution < 1.29 is 14.5 Å². The minimum atomic E-state index is -0.711. The number of non-ortho nitro benzene ring substituents is 1. The third kappa shape index (κ3) is 4.87. The van der Waals surface area contributed by atoms with Crippen LogP contribution in [-0.2, 0) is 4.79 Å². The highest BCUT2D eigenvalue weighted by atomic mass is 35.5. The summed E-state index contributed by atoms with van der Waals surface area (Å²) in [5.74, 6) is -1.07. The molecule has 1 aromatic carbocycles. The highest BCUT2D eigenvalue weighted by Crippen LogP contribution is 2.30. The molecule has 0 spiro atoms. The van der Waals surface area contributed by atoms with Crippen LogP contribution in [-0.4, -0.2) is 29.8 Å². The van der Waals surface area contributed by atoms with E-state index in [4.69, 9.17) is 23.2 Å². The minimum absolute atomic E-state index is 0.103. The Morgan fingerprint density at radius 3 is 2.52 bits per heavy atom. The van der Waals surface area contributed by atoms with Crippen molar-refractivity contribution in [3.63, 3.8) is 0 Å². The van der Waals surface area contributed by atoms with Crippen molar-refractivity contribution in [2.45, 2.75) is 13.3 Å². The van der Waals surface area contributed by atoms with E-state index in [0.29, 0.717) is 6.54 Å². The van der Waals surface area contributed by atoms with Gasteiger partial charge >= 0.3 is 0 Å². The first-order valence-corrected chi connectivity index (χ1v) is 6.80. The van der Waals surface area contributed by atoms with E-state index in [2.05, 4.69) is 10.6 Å². The first-order valence-electron chi connectivity index (χ1n) is 6.05. The lowest BCUT2D eigenvalue weighted by atomic mass is 10.2. The first kappa shape index (κ1) is 17.2. The molecular weight excluding hydrogens is 321 g/mol. The largest absolute Gasteiger partial charge is 0.355 e. The molecule has 7 nitrogen and oxygen atoms in total. The van der Waals surface area contributed by atoms with E-state index in [0.717, 1.165) is 18.6 Å². The Morgan fingerprint density at radius 2 is 1.95 bits per heavy atom. The fraction of sp³-hybridized carbons (Fsp3) is 0.333. The number of halogens is 2. The molecule has 0 saturated carbocycles. The molecule has 0 radical (unpaired) electrons. The maximum atomic E-state index is 11.9. The maximum absolute atomic E-state index is 11.9. The Morgan fingerprint density at radius 1 is 1.29 bits per heavy atom. The maximum Gasteiger partial charge on any atom is 0.271 e. The van der Waals surface area contributed by atoms with Crippen LogP contribution >= 0.6 is 23.2 Å². The smallest absolute Gasteiger partial charge is 0.271 e. The molecule has 0 aliphatic rings. The molecule has 0 aromatic heterocycles. The SMILES string of the molecule is CCCNC(=O)CNC(=O)c1cc([N+](=O)[O-])cc(Cl)c1Cl. The van der Waals surface area contributed by atoms with Crippen molar-refractivity contribution >= 4 is 40.7 Å². The Kier molecular flexibility index (Phi) is 6.39. The number of amides is 2. The van der Waals surface area contributed by atoms with Gasteiger partial charge in [0, 0.05) is 18.7 Å². The third-order valence-electron chi connectivity index (χ3n) is 2.45. The van der Waals surface area contributed by atoms with E-state index < -0.39 is 10.8 Å². The number of carbonyl (C=O) groups excluding carboxylic acids is 2. The molecule has 2 N–H and O–H groups in total. The number of nitrogens with zero attached hydrogens (tertiary/aromatic N) is 1. The van der Waals surface area contributed by atoms with E-state index in [1.807, 2.05) is 6.92 Å². The summed E-state index contributed by atoms with van der Waals surface area (Å²) in [6.45, 7) is 2.14. The van der Waals surface area contributed by atoms with Gasteiger partial charge in [0.05, 0.1) is 27.1 Å². The normalized spacial score (nSPS) is 10.0. The van der Waals surface area contributed by atoms with Crippen LogP contribution in [0.1, 0.15) is 23.7 Å². The Balaban J connectivity index is 2.82. The van der Waals surface area contributed by atoms with E-state index >= 15 is 0 Å². The van der Waals surface area contributed by atoms with Crippen LogP contribution in [0.4, 0.5) is 5.69 Å². The molecule has 0 bridgehead atoms. The average molecular weight is 334 g/mol. The quantitative estimate of drug-likeness (QED) is 0.615. The topological polar surface area (TPSA) is 101 Å². The molecule has 0 fully saturated rings. The summed E-state index contributed by atoms with van der Waals surface area (Å²) in [5.41, 5.74) is -0.510. The van der Waals surface area contributed by atoms with E-state index in [1.54, 1.807) is 0 Å². The van der Waals surface area contributed by atoms with Gasteiger partial charge in [0.15, 0.2) is 0 Å². The predicted octanol–water partition coefficient (Wildman–Crippen LogP) is 2.16. The van der Waals surface area contributed by atoms with Crippen molar-refractivity contribution in [1.82, 2.24) is 10.6 Å². The van der Waals surface area contributed by atoms with E-state index in [1.165, 1.54) is 0 Å². The Hall–Kier alpha value is -1.86. The highest BCUT2D eigenvalue weighted by Gasteiger charge is 2.19. The van der Waals surface area contributed by atoms with Crippen molar-refractivity contribution in [3.05, 3.63) is 37.9 Å². The lowest BCUT2D eigenvalue weighted by molar-refractivity contribution is -0.384. The van der Waals surface area contributed by atoms with Crippen molar-refractivity contribution in [3.8, 4) is 0 Å². The molecule has 1 rings (SSSR count). The molecule has 0 saturated heterocycles. The van der Waals surface area contributed by atoms with Crippen LogP contribution in [0.15, 0.2) is 12.1 Å². The summed E-state index contributed by atoms with van der Waals surface area (Å²) in [4.78, 5) is 33.3. The van der Waals surface area contributed by atoms with Crippen molar-refractivity contribution in [1.29, 1.82) is 0 Å².